The van der Waals surface area contributed by atoms with Crippen molar-refractivity contribution in [3.63, 3.8) is 0 Å². The maximum absolute atomic E-state index is 5.77. The van der Waals surface area contributed by atoms with Crippen LogP contribution in [0.5, 0.6) is 0 Å². The summed E-state index contributed by atoms with van der Waals surface area (Å²) in [5, 5.41) is 0. The molecule has 0 bridgehead atoms. The van der Waals surface area contributed by atoms with E-state index < -0.39 is 0 Å². The van der Waals surface area contributed by atoms with Crippen LogP contribution in [-0.4, -0.2) is 55.7 Å². The molecule has 3 nitrogen and oxygen atoms in total. The largest absolute Gasteiger partial charge is 0.381 e. The second kappa shape index (κ2) is 12.5. The predicted octanol–water partition coefficient (Wildman–Crippen LogP) is 5.16. The minimum Gasteiger partial charge on any atom is -0.381 e. The summed E-state index contributed by atoms with van der Waals surface area (Å²) in [6.45, 7) is 18.0. The van der Waals surface area contributed by atoms with E-state index in [-0.39, 0.29) is 0 Å². The Labute approximate surface area is 168 Å². The van der Waals surface area contributed by atoms with Crippen LogP contribution in [0.4, 0.5) is 0 Å². The van der Waals surface area contributed by atoms with E-state index in [0.29, 0.717) is 5.92 Å². The van der Waals surface area contributed by atoms with Gasteiger partial charge < -0.3 is 9.64 Å². The molecule has 1 aromatic carbocycles. The lowest BCUT2D eigenvalue weighted by atomic mass is 9.97. The SMILES string of the molecule is CCC(C)c1ccc(CN2CCN(CCCOCCCC(C)C)CC2)cc1. The lowest BCUT2D eigenvalue weighted by molar-refractivity contribution is 0.0943. The van der Waals surface area contributed by atoms with E-state index in [0.717, 1.165) is 25.7 Å². The number of hydrogen-bond acceptors (Lipinski definition) is 3. The quantitative estimate of drug-likeness (QED) is 0.470. The molecule has 1 fully saturated rings. The van der Waals surface area contributed by atoms with E-state index in [9.17, 15) is 0 Å². The monoisotopic (exact) mass is 374 g/mol. The molecule has 3 heteroatoms. The first-order valence-electron chi connectivity index (χ1n) is 11.2. The molecule has 1 heterocycles. The Morgan fingerprint density at radius 2 is 1.52 bits per heavy atom. The Balaban J connectivity index is 1.56. The van der Waals surface area contributed by atoms with Crippen LogP contribution >= 0.6 is 0 Å². The summed E-state index contributed by atoms with van der Waals surface area (Å²) < 4.78 is 5.77. The van der Waals surface area contributed by atoms with Crippen molar-refractivity contribution in [2.24, 2.45) is 5.92 Å². The summed E-state index contributed by atoms with van der Waals surface area (Å²) in [4.78, 5) is 5.19. The molecule has 1 saturated heterocycles. The number of rotatable bonds is 12. The molecule has 1 aliphatic rings. The van der Waals surface area contributed by atoms with Gasteiger partial charge >= 0.3 is 0 Å². The fourth-order valence-electron chi connectivity index (χ4n) is 3.70. The summed E-state index contributed by atoms with van der Waals surface area (Å²) in [5.74, 6) is 1.46. The first-order chi connectivity index (χ1) is 13.1. The molecule has 2 rings (SSSR count). The highest BCUT2D eigenvalue weighted by Crippen LogP contribution is 2.19. The predicted molar refractivity (Wildman–Crippen MR) is 116 cm³/mol. The number of nitrogens with zero attached hydrogens (tertiary/aromatic N) is 2. The average Bonchev–Trinajstić information content (AvgIpc) is 2.68. The Hall–Kier alpha value is -0.900. The number of piperazine rings is 1. The van der Waals surface area contributed by atoms with Crippen molar-refractivity contribution in [1.82, 2.24) is 9.80 Å². The topological polar surface area (TPSA) is 15.7 Å². The molecule has 1 aromatic rings. The van der Waals surface area contributed by atoms with Gasteiger partial charge in [0.1, 0.15) is 0 Å². The van der Waals surface area contributed by atoms with Gasteiger partial charge in [-0.2, -0.15) is 0 Å². The number of ether oxygens (including phenoxy) is 1. The fraction of sp³-hybridized carbons (Fsp3) is 0.750. The van der Waals surface area contributed by atoms with Crippen LogP contribution in [0.1, 0.15) is 70.4 Å². The van der Waals surface area contributed by atoms with Crippen molar-refractivity contribution >= 4 is 0 Å². The van der Waals surface area contributed by atoms with Gasteiger partial charge in [-0.25, -0.2) is 0 Å². The summed E-state index contributed by atoms with van der Waals surface area (Å²) >= 11 is 0. The molecule has 154 valence electrons. The van der Waals surface area contributed by atoms with Crippen molar-refractivity contribution in [3.8, 4) is 0 Å². The minimum atomic E-state index is 0.668. The van der Waals surface area contributed by atoms with E-state index in [1.807, 2.05) is 0 Å². The molecule has 0 spiro atoms. The molecule has 0 aromatic heterocycles. The van der Waals surface area contributed by atoms with E-state index in [1.165, 1.54) is 69.5 Å². The molecule has 0 amide bonds. The molecule has 0 N–H and O–H groups in total. The summed E-state index contributed by atoms with van der Waals surface area (Å²) in [6, 6.07) is 9.29. The highest BCUT2D eigenvalue weighted by molar-refractivity contribution is 5.25. The van der Waals surface area contributed by atoms with Gasteiger partial charge in [-0.15, -0.1) is 0 Å². The number of benzene rings is 1. The van der Waals surface area contributed by atoms with Crippen LogP contribution in [0, 0.1) is 5.92 Å². The van der Waals surface area contributed by atoms with Crippen LogP contribution in [0.25, 0.3) is 0 Å². The molecule has 0 radical (unpaired) electrons. The first kappa shape index (κ1) is 22.4. The Bertz CT molecular complexity index is 492. The second-order valence-electron chi connectivity index (χ2n) is 8.67. The van der Waals surface area contributed by atoms with Gasteiger partial charge in [-0.05, 0) is 48.6 Å². The standard InChI is InChI=1S/C24H42N2O/c1-5-22(4)24-11-9-23(10-12-24)20-26-16-14-25(15-17-26)13-7-19-27-18-6-8-21(2)3/h9-12,21-22H,5-8,13-20H2,1-4H3. The second-order valence-corrected chi connectivity index (χ2v) is 8.67. The van der Waals surface area contributed by atoms with Gasteiger partial charge in [0.25, 0.3) is 0 Å². The highest BCUT2D eigenvalue weighted by Gasteiger charge is 2.16. The summed E-state index contributed by atoms with van der Waals surface area (Å²) in [7, 11) is 0. The van der Waals surface area contributed by atoms with E-state index in [4.69, 9.17) is 4.74 Å². The zero-order chi connectivity index (χ0) is 19.5. The first-order valence-corrected chi connectivity index (χ1v) is 11.2. The van der Waals surface area contributed by atoms with Gasteiger partial charge in [0.2, 0.25) is 0 Å². The Morgan fingerprint density at radius 3 is 2.15 bits per heavy atom. The lowest BCUT2D eigenvalue weighted by Gasteiger charge is -2.34. The smallest absolute Gasteiger partial charge is 0.0478 e. The third kappa shape index (κ3) is 8.76. The van der Waals surface area contributed by atoms with Gasteiger partial charge in [0, 0.05) is 52.5 Å². The normalized spacial score (nSPS) is 17.5. The maximum Gasteiger partial charge on any atom is 0.0478 e. The van der Waals surface area contributed by atoms with Crippen LogP contribution < -0.4 is 0 Å². The molecule has 1 aliphatic heterocycles. The summed E-state index contributed by atoms with van der Waals surface area (Å²) in [5.41, 5.74) is 2.92. The van der Waals surface area contributed by atoms with Crippen LogP contribution in [0.3, 0.4) is 0 Å². The van der Waals surface area contributed by atoms with E-state index in [2.05, 4.69) is 61.8 Å². The molecular formula is C24H42N2O. The van der Waals surface area contributed by atoms with E-state index in [1.54, 1.807) is 0 Å². The van der Waals surface area contributed by atoms with Gasteiger partial charge in [-0.1, -0.05) is 52.0 Å². The summed E-state index contributed by atoms with van der Waals surface area (Å²) in [6.07, 6.45) is 4.86. The van der Waals surface area contributed by atoms with Crippen molar-refractivity contribution in [2.45, 2.75) is 65.8 Å². The molecule has 0 aliphatic carbocycles. The van der Waals surface area contributed by atoms with Crippen LogP contribution in [0.15, 0.2) is 24.3 Å². The van der Waals surface area contributed by atoms with Crippen molar-refractivity contribution < 1.29 is 4.74 Å². The number of hydrogen-bond donors (Lipinski definition) is 0. The molecule has 27 heavy (non-hydrogen) atoms. The zero-order valence-electron chi connectivity index (χ0n) is 18.3. The fourth-order valence-corrected chi connectivity index (χ4v) is 3.70. The highest BCUT2D eigenvalue weighted by atomic mass is 16.5. The van der Waals surface area contributed by atoms with Gasteiger partial charge in [0.05, 0.1) is 0 Å². The molecule has 0 saturated carbocycles. The molecule has 1 unspecified atom stereocenters. The maximum atomic E-state index is 5.77. The Morgan fingerprint density at radius 1 is 0.889 bits per heavy atom. The van der Waals surface area contributed by atoms with Crippen LogP contribution in [0.2, 0.25) is 0 Å². The van der Waals surface area contributed by atoms with Crippen molar-refractivity contribution in [1.29, 1.82) is 0 Å². The average molecular weight is 375 g/mol. The van der Waals surface area contributed by atoms with E-state index >= 15 is 0 Å². The molecular weight excluding hydrogens is 332 g/mol. The minimum absolute atomic E-state index is 0.668. The van der Waals surface area contributed by atoms with Crippen molar-refractivity contribution in [2.75, 3.05) is 45.9 Å². The van der Waals surface area contributed by atoms with Gasteiger partial charge in [0.15, 0.2) is 0 Å². The third-order valence-corrected chi connectivity index (χ3v) is 5.87. The lowest BCUT2D eigenvalue weighted by Crippen LogP contribution is -2.46. The zero-order valence-corrected chi connectivity index (χ0v) is 18.3. The molecule has 1 atom stereocenters. The van der Waals surface area contributed by atoms with Crippen LogP contribution in [-0.2, 0) is 11.3 Å². The van der Waals surface area contributed by atoms with Crippen molar-refractivity contribution in [3.05, 3.63) is 35.4 Å². The Kier molecular flexibility index (Phi) is 10.4. The third-order valence-electron chi connectivity index (χ3n) is 5.87. The van der Waals surface area contributed by atoms with Gasteiger partial charge in [-0.3, -0.25) is 4.90 Å².